The minimum absolute atomic E-state index is 0.545. The summed E-state index contributed by atoms with van der Waals surface area (Å²) in [5, 5.41) is 8.67. The van der Waals surface area contributed by atoms with Gasteiger partial charge < -0.3 is 15.6 Å². The fraction of sp³-hybridized carbons (Fsp3) is 0.500. The van der Waals surface area contributed by atoms with Crippen LogP contribution in [-0.4, -0.2) is 23.7 Å². The molecule has 2 rings (SSSR count). The number of benzene rings is 1. The van der Waals surface area contributed by atoms with Gasteiger partial charge in [-0.05, 0) is 36.5 Å². The van der Waals surface area contributed by atoms with Gasteiger partial charge in [0.15, 0.2) is 0 Å². The predicted molar refractivity (Wildman–Crippen MR) is 68.8 cm³/mol. The van der Waals surface area contributed by atoms with Gasteiger partial charge in [-0.2, -0.15) is 0 Å². The summed E-state index contributed by atoms with van der Waals surface area (Å²) < 4.78 is 5.46. The van der Waals surface area contributed by atoms with Crippen LogP contribution in [-0.2, 0) is 17.6 Å². The number of nitrogens with two attached hydrogens (primary N) is 1. The fourth-order valence-corrected chi connectivity index (χ4v) is 2.21. The summed E-state index contributed by atoms with van der Waals surface area (Å²) in [5.41, 5.74) is 8.04. The highest BCUT2D eigenvalue weighted by atomic mass is 16.5. The van der Waals surface area contributed by atoms with Gasteiger partial charge in [-0.1, -0.05) is 18.6 Å². The molecule has 1 unspecified atom stereocenters. The lowest BCUT2D eigenvalue weighted by Gasteiger charge is -2.07. The van der Waals surface area contributed by atoms with Gasteiger partial charge in [0.2, 0.25) is 0 Å². The first-order chi connectivity index (χ1) is 8.66. The number of aryl methyl sites for hydroxylation is 1. The van der Waals surface area contributed by atoms with E-state index in [1.807, 2.05) is 6.07 Å². The third-order valence-electron chi connectivity index (χ3n) is 3.30. The molecule has 1 atom stereocenters. The second-order valence-corrected chi connectivity index (χ2v) is 4.73. The van der Waals surface area contributed by atoms with Crippen molar-refractivity contribution in [2.75, 3.05) is 6.61 Å². The van der Waals surface area contributed by atoms with Crippen LogP contribution in [0.25, 0.3) is 0 Å². The minimum Gasteiger partial charge on any atom is -0.493 e. The molecule has 98 valence electrons. The number of aliphatic carboxylic acids is 1. The zero-order chi connectivity index (χ0) is 13.0. The van der Waals surface area contributed by atoms with Crippen LogP contribution in [0.3, 0.4) is 0 Å². The van der Waals surface area contributed by atoms with Crippen molar-refractivity contribution in [2.45, 2.75) is 38.1 Å². The summed E-state index contributed by atoms with van der Waals surface area (Å²) in [5.74, 6) is 0.0938. The molecular formula is C14H19NO3. The second-order valence-electron chi connectivity index (χ2n) is 4.73. The quantitative estimate of drug-likeness (QED) is 0.753. The summed E-state index contributed by atoms with van der Waals surface area (Å²) in [4.78, 5) is 10.6. The summed E-state index contributed by atoms with van der Waals surface area (Å²) in [6.07, 6.45) is 4.33. The Morgan fingerprint density at radius 3 is 3.06 bits per heavy atom. The minimum atomic E-state index is -0.912. The number of carbonyl (C=O) groups is 1. The lowest BCUT2D eigenvalue weighted by atomic mass is 10.0. The predicted octanol–water partition coefficient (Wildman–Crippen LogP) is 1.75. The van der Waals surface area contributed by atoms with Crippen LogP contribution in [0.4, 0.5) is 0 Å². The summed E-state index contributed by atoms with van der Waals surface area (Å²) in [6.45, 7) is 0.784. The van der Waals surface area contributed by atoms with Gasteiger partial charge in [-0.15, -0.1) is 0 Å². The SMILES string of the molecule is NC(CCCCc1ccc2c(c1)CCO2)C(=O)O. The molecule has 3 N–H and O–H groups in total. The van der Waals surface area contributed by atoms with Gasteiger partial charge in [0.05, 0.1) is 6.61 Å². The van der Waals surface area contributed by atoms with E-state index < -0.39 is 12.0 Å². The summed E-state index contributed by atoms with van der Waals surface area (Å²) in [6, 6.07) is 5.58. The first-order valence-corrected chi connectivity index (χ1v) is 6.40. The van der Waals surface area contributed by atoms with E-state index in [9.17, 15) is 4.79 Å². The van der Waals surface area contributed by atoms with Crippen molar-refractivity contribution in [3.63, 3.8) is 0 Å². The van der Waals surface area contributed by atoms with Crippen molar-refractivity contribution < 1.29 is 14.6 Å². The van der Waals surface area contributed by atoms with Crippen molar-refractivity contribution in [3.05, 3.63) is 29.3 Å². The molecule has 0 saturated carbocycles. The number of ether oxygens (including phenoxy) is 1. The molecule has 4 heteroatoms. The Kier molecular flexibility index (Phi) is 4.20. The molecule has 1 heterocycles. The van der Waals surface area contributed by atoms with E-state index in [0.29, 0.717) is 6.42 Å². The van der Waals surface area contributed by atoms with Crippen LogP contribution in [0, 0.1) is 0 Å². The molecule has 0 fully saturated rings. The van der Waals surface area contributed by atoms with Gasteiger partial charge in [0.1, 0.15) is 11.8 Å². The third kappa shape index (κ3) is 3.23. The highest BCUT2D eigenvalue weighted by molar-refractivity contribution is 5.72. The van der Waals surface area contributed by atoms with Crippen molar-refractivity contribution in [1.29, 1.82) is 0 Å². The fourth-order valence-electron chi connectivity index (χ4n) is 2.21. The van der Waals surface area contributed by atoms with Crippen LogP contribution in [0.1, 0.15) is 30.4 Å². The van der Waals surface area contributed by atoms with Gasteiger partial charge in [0, 0.05) is 6.42 Å². The number of carboxylic acid groups (broad SMARTS) is 1. The molecule has 1 aliphatic heterocycles. The number of rotatable bonds is 6. The van der Waals surface area contributed by atoms with E-state index in [2.05, 4.69) is 12.1 Å². The smallest absolute Gasteiger partial charge is 0.320 e. The normalized spacial score (nSPS) is 14.9. The molecular weight excluding hydrogens is 230 g/mol. The first kappa shape index (κ1) is 12.9. The zero-order valence-corrected chi connectivity index (χ0v) is 10.4. The van der Waals surface area contributed by atoms with E-state index >= 15 is 0 Å². The van der Waals surface area contributed by atoms with Crippen molar-refractivity contribution >= 4 is 5.97 Å². The maximum atomic E-state index is 10.6. The Balaban J connectivity index is 1.75. The van der Waals surface area contributed by atoms with Crippen LogP contribution in [0.2, 0.25) is 0 Å². The molecule has 0 radical (unpaired) electrons. The monoisotopic (exact) mass is 249 g/mol. The summed E-state index contributed by atoms with van der Waals surface area (Å²) >= 11 is 0. The molecule has 18 heavy (non-hydrogen) atoms. The molecule has 1 aromatic rings. The van der Waals surface area contributed by atoms with Crippen LogP contribution >= 0.6 is 0 Å². The van der Waals surface area contributed by atoms with Gasteiger partial charge in [0.25, 0.3) is 0 Å². The molecule has 1 aromatic carbocycles. The molecule has 0 bridgehead atoms. The average Bonchev–Trinajstić information content (AvgIpc) is 2.81. The van der Waals surface area contributed by atoms with E-state index in [-0.39, 0.29) is 0 Å². The second kappa shape index (κ2) is 5.87. The number of unbranched alkanes of at least 4 members (excludes halogenated alkanes) is 1. The first-order valence-electron chi connectivity index (χ1n) is 6.40. The third-order valence-corrected chi connectivity index (χ3v) is 3.30. The van der Waals surface area contributed by atoms with E-state index in [0.717, 1.165) is 38.0 Å². The number of fused-ring (bicyclic) bond motifs is 1. The lowest BCUT2D eigenvalue weighted by molar-refractivity contribution is -0.138. The molecule has 1 aliphatic rings. The highest BCUT2D eigenvalue weighted by Crippen LogP contribution is 2.26. The Morgan fingerprint density at radius 1 is 1.44 bits per heavy atom. The van der Waals surface area contributed by atoms with E-state index in [1.165, 1.54) is 11.1 Å². The number of hydrogen-bond acceptors (Lipinski definition) is 3. The standard InChI is InChI=1S/C14H19NO3/c15-12(14(16)17)4-2-1-3-10-5-6-13-11(9-10)7-8-18-13/h5-6,9,12H,1-4,7-8,15H2,(H,16,17). The summed E-state index contributed by atoms with van der Waals surface area (Å²) in [7, 11) is 0. The average molecular weight is 249 g/mol. The maximum absolute atomic E-state index is 10.6. The number of hydrogen-bond donors (Lipinski definition) is 2. The topological polar surface area (TPSA) is 72.5 Å². The molecule has 0 amide bonds. The van der Waals surface area contributed by atoms with Gasteiger partial charge in [-0.25, -0.2) is 0 Å². The van der Waals surface area contributed by atoms with E-state index in [1.54, 1.807) is 0 Å². The van der Waals surface area contributed by atoms with Crippen LogP contribution < -0.4 is 10.5 Å². The van der Waals surface area contributed by atoms with Crippen molar-refractivity contribution in [2.24, 2.45) is 5.73 Å². The molecule has 0 aromatic heterocycles. The zero-order valence-electron chi connectivity index (χ0n) is 10.4. The Hall–Kier alpha value is -1.55. The van der Waals surface area contributed by atoms with E-state index in [4.69, 9.17) is 15.6 Å². The molecule has 0 aliphatic carbocycles. The number of carboxylic acids is 1. The molecule has 0 spiro atoms. The highest BCUT2D eigenvalue weighted by Gasteiger charge is 2.12. The van der Waals surface area contributed by atoms with Gasteiger partial charge >= 0.3 is 5.97 Å². The van der Waals surface area contributed by atoms with Crippen LogP contribution in [0.5, 0.6) is 5.75 Å². The Morgan fingerprint density at radius 2 is 2.28 bits per heavy atom. The Bertz CT molecular complexity index is 431. The van der Waals surface area contributed by atoms with Gasteiger partial charge in [-0.3, -0.25) is 4.79 Å². The molecule has 4 nitrogen and oxygen atoms in total. The van der Waals surface area contributed by atoms with Crippen LogP contribution in [0.15, 0.2) is 18.2 Å². The largest absolute Gasteiger partial charge is 0.493 e. The van der Waals surface area contributed by atoms with Crippen molar-refractivity contribution in [1.82, 2.24) is 0 Å². The Labute approximate surface area is 107 Å². The lowest BCUT2D eigenvalue weighted by Crippen LogP contribution is -2.29. The van der Waals surface area contributed by atoms with Crippen molar-refractivity contribution in [3.8, 4) is 5.75 Å². The molecule has 0 saturated heterocycles. The maximum Gasteiger partial charge on any atom is 0.320 e.